The number of likely N-dealkylation sites (tertiary alicyclic amines) is 1. The van der Waals surface area contributed by atoms with Gasteiger partial charge in [0.05, 0.1) is 37.6 Å². The van der Waals surface area contributed by atoms with Gasteiger partial charge in [-0.25, -0.2) is 14.0 Å². The molecule has 0 bridgehead atoms. The summed E-state index contributed by atoms with van der Waals surface area (Å²) < 4.78 is 29.8. The maximum Gasteiger partial charge on any atom is 0.338 e. The number of piperidine rings is 1. The number of esters is 1. The number of morpholine rings is 1. The Morgan fingerprint density at radius 1 is 0.979 bits per heavy atom. The third kappa shape index (κ3) is 10.3. The SMILES string of the molecule is COc1ccc(C(=O)OCc2ccccc2)cc1NC(=O)N[C@@H](CC(=O)N1CCC[C@@H](Cc2ccc(F)cc2)C1)CN1CCOCC1. The van der Waals surface area contributed by atoms with Gasteiger partial charge in [0.25, 0.3) is 0 Å². The van der Waals surface area contributed by atoms with Crippen molar-refractivity contribution in [3.05, 3.63) is 95.3 Å². The Bertz CT molecular complexity index is 1480. The molecular weight excluding hydrogens is 603 g/mol. The van der Waals surface area contributed by atoms with Crippen LogP contribution in [0.4, 0.5) is 14.9 Å². The number of benzene rings is 3. The number of amides is 3. The van der Waals surface area contributed by atoms with Crippen molar-refractivity contribution in [1.82, 2.24) is 15.1 Å². The minimum Gasteiger partial charge on any atom is -0.495 e. The van der Waals surface area contributed by atoms with Crippen LogP contribution >= 0.6 is 0 Å². The first-order valence-corrected chi connectivity index (χ1v) is 16.1. The van der Waals surface area contributed by atoms with Crippen molar-refractivity contribution in [2.24, 2.45) is 5.92 Å². The molecule has 0 radical (unpaired) electrons. The lowest BCUT2D eigenvalue weighted by Crippen LogP contribution is -2.51. The molecule has 3 aromatic carbocycles. The van der Waals surface area contributed by atoms with E-state index in [-0.39, 0.29) is 36.2 Å². The van der Waals surface area contributed by atoms with E-state index < -0.39 is 18.0 Å². The summed E-state index contributed by atoms with van der Waals surface area (Å²) in [6, 6.07) is 19.6. The van der Waals surface area contributed by atoms with Crippen LogP contribution in [0.3, 0.4) is 0 Å². The van der Waals surface area contributed by atoms with Gasteiger partial charge in [0, 0.05) is 39.1 Å². The fraction of sp³-hybridized carbons (Fsp3) is 0.417. The average molecular weight is 647 g/mol. The summed E-state index contributed by atoms with van der Waals surface area (Å²) in [6.45, 7) is 4.49. The molecule has 11 heteroatoms. The van der Waals surface area contributed by atoms with Gasteiger partial charge in [-0.15, -0.1) is 0 Å². The first kappa shape index (κ1) is 33.9. The zero-order valence-electron chi connectivity index (χ0n) is 26.8. The summed E-state index contributed by atoms with van der Waals surface area (Å²) in [5.41, 5.74) is 2.48. The van der Waals surface area contributed by atoms with Gasteiger partial charge in [-0.1, -0.05) is 42.5 Å². The minimum absolute atomic E-state index is 0.0203. The highest BCUT2D eigenvalue weighted by atomic mass is 19.1. The van der Waals surface area contributed by atoms with Crippen molar-refractivity contribution in [3.63, 3.8) is 0 Å². The molecule has 2 N–H and O–H groups in total. The van der Waals surface area contributed by atoms with Crippen molar-refractivity contribution in [2.45, 2.75) is 38.3 Å². The second-order valence-electron chi connectivity index (χ2n) is 12.1. The van der Waals surface area contributed by atoms with E-state index in [9.17, 15) is 18.8 Å². The van der Waals surface area contributed by atoms with Gasteiger partial charge in [0.1, 0.15) is 18.2 Å². The molecule has 2 fully saturated rings. The van der Waals surface area contributed by atoms with Crippen LogP contribution in [0.2, 0.25) is 0 Å². The van der Waals surface area contributed by atoms with Crippen LogP contribution in [0.5, 0.6) is 5.75 Å². The topological polar surface area (TPSA) is 109 Å². The number of carbonyl (C=O) groups is 3. The average Bonchev–Trinajstić information content (AvgIpc) is 3.09. The summed E-state index contributed by atoms with van der Waals surface area (Å²) in [5, 5.41) is 5.81. The number of urea groups is 1. The summed E-state index contributed by atoms with van der Waals surface area (Å²) in [7, 11) is 1.48. The molecule has 2 saturated heterocycles. The zero-order valence-corrected chi connectivity index (χ0v) is 26.8. The van der Waals surface area contributed by atoms with E-state index in [1.54, 1.807) is 24.3 Å². The number of ether oxygens (including phenoxy) is 3. The summed E-state index contributed by atoms with van der Waals surface area (Å²) in [6.07, 6.45) is 2.81. The molecule has 0 aliphatic carbocycles. The lowest BCUT2D eigenvalue weighted by molar-refractivity contribution is -0.133. The number of halogens is 1. The highest BCUT2D eigenvalue weighted by Gasteiger charge is 2.28. The second kappa shape index (κ2) is 16.9. The van der Waals surface area contributed by atoms with Crippen LogP contribution in [-0.4, -0.2) is 86.8 Å². The number of methoxy groups -OCH3 is 1. The highest BCUT2D eigenvalue weighted by Crippen LogP contribution is 2.26. The maximum atomic E-state index is 13.6. The molecule has 10 nitrogen and oxygen atoms in total. The molecule has 2 heterocycles. The van der Waals surface area contributed by atoms with Crippen LogP contribution in [-0.2, 0) is 27.3 Å². The third-order valence-corrected chi connectivity index (χ3v) is 8.54. The van der Waals surface area contributed by atoms with Gasteiger partial charge < -0.3 is 29.7 Å². The number of hydrogen-bond acceptors (Lipinski definition) is 7. The molecule has 2 aliphatic rings. The quantitative estimate of drug-likeness (QED) is 0.270. The molecule has 0 spiro atoms. The predicted molar refractivity (Wildman–Crippen MR) is 176 cm³/mol. The Hall–Kier alpha value is -4.48. The Morgan fingerprint density at radius 2 is 1.74 bits per heavy atom. The van der Waals surface area contributed by atoms with E-state index in [1.165, 1.54) is 25.3 Å². The Kier molecular flexibility index (Phi) is 12.2. The lowest BCUT2D eigenvalue weighted by atomic mass is 9.91. The molecule has 3 aromatic rings. The molecule has 250 valence electrons. The van der Waals surface area contributed by atoms with Crippen LogP contribution < -0.4 is 15.4 Å². The van der Waals surface area contributed by atoms with Crippen LogP contribution in [0, 0.1) is 11.7 Å². The Balaban J connectivity index is 1.21. The summed E-state index contributed by atoms with van der Waals surface area (Å²) in [4.78, 5) is 43.8. The van der Waals surface area contributed by atoms with Gasteiger partial charge in [-0.05, 0) is 66.6 Å². The predicted octanol–water partition coefficient (Wildman–Crippen LogP) is 4.89. The first-order chi connectivity index (χ1) is 22.9. The van der Waals surface area contributed by atoms with Crippen molar-refractivity contribution < 1.29 is 33.0 Å². The van der Waals surface area contributed by atoms with Gasteiger partial charge >= 0.3 is 12.0 Å². The number of hydrogen-bond donors (Lipinski definition) is 2. The molecule has 0 unspecified atom stereocenters. The van der Waals surface area contributed by atoms with Crippen molar-refractivity contribution in [3.8, 4) is 5.75 Å². The third-order valence-electron chi connectivity index (χ3n) is 8.54. The minimum atomic E-state index is -0.532. The molecule has 2 aliphatic heterocycles. The number of nitrogens with zero attached hydrogens (tertiary/aromatic N) is 2. The van der Waals surface area contributed by atoms with E-state index in [0.29, 0.717) is 57.4 Å². The van der Waals surface area contributed by atoms with Gasteiger partial charge in [-0.2, -0.15) is 0 Å². The van der Waals surface area contributed by atoms with E-state index in [1.807, 2.05) is 35.2 Å². The fourth-order valence-corrected chi connectivity index (χ4v) is 6.09. The number of carbonyl (C=O) groups excluding carboxylic acids is 3. The number of nitrogens with one attached hydrogen (secondary N) is 2. The van der Waals surface area contributed by atoms with Crippen LogP contribution in [0.1, 0.15) is 40.7 Å². The van der Waals surface area contributed by atoms with Gasteiger partial charge in [-0.3, -0.25) is 9.69 Å². The molecular formula is C36H43FN4O6. The van der Waals surface area contributed by atoms with E-state index >= 15 is 0 Å². The smallest absolute Gasteiger partial charge is 0.338 e. The molecule has 0 aromatic heterocycles. The Morgan fingerprint density at radius 3 is 2.49 bits per heavy atom. The Labute approximate surface area is 275 Å². The summed E-state index contributed by atoms with van der Waals surface area (Å²) >= 11 is 0. The number of rotatable bonds is 12. The second-order valence-corrected chi connectivity index (χ2v) is 12.1. The van der Waals surface area contributed by atoms with Crippen LogP contribution in [0.25, 0.3) is 0 Å². The van der Waals surface area contributed by atoms with Crippen LogP contribution in [0.15, 0.2) is 72.8 Å². The van der Waals surface area contributed by atoms with Gasteiger partial charge in [0.15, 0.2) is 0 Å². The lowest BCUT2D eigenvalue weighted by Gasteiger charge is -2.35. The van der Waals surface area contributed by atoms with Crippen molar-refractivity contribution in [2.75, 3.05) is 58.4 Å². The van der Waals surface area contributed by atoms with Crippen molar-refractivity contribution >= 4 is 23.6 Å². The molecule has 3 amide bonds. The number of anilines is 1. The fourth-order valence-electron chi connectivity index (χ4n) is 6.09. The van der Waals surface area contributed by atoms with Crippen molar-refractivity contribution in [1.29, 1.82) is 0 Å². The van der Waals surface area contributed by atoms with E-state index in [2.05, 4.69) is 15.5 Å². The monoisotopic (exact) mass is 646 g/mol. The van der Waals surface area contributed by atoms with Gasteiger partial charge in [0.2, 0.25) is 5.91 Å². The van der Waals surface area contributed by atoms with E-state index in [4.69, 9.17) is 14.2 Å². The molecule has 5 rings (SSSR count). The normalized spacial score (nSPS) is 17.4. The standard InChI is InChI=1S/C36H43FN4O6/c1-45-33-14-11-29(35(43)47-25-27-6-3-2-4-7-27)21-32(33)39-36(44)38-31(24-40-16-18-46-19-17-40)22-34(42)41-15-5-8-28(23-41)20-26-9-12-30(37)13-10-26/h2-4,6-7,9-14,21,28,31H,5,8,15-20,22-25H2,1H3,(H2,38,39,44)/t28-,31-/m0/s1. The summed E-state index contributed by atoms with van der Waals surface area (Å²) in [5.74, 6) is -0.153. The largest absolute Gasteiger partial charge is 0.495 e. The zero-order chi connectivity index (χ0) is 33.0. The maximum absolute atomic E-state index is 13.6. The molecule has 47 heavy (non-hydrogen) atoms. The molecule has 0 saturated carbocycles. The highest BCUT2D eigenvalue weighted by molar-refractivity contribution is 5.95. The van der Waals surface area contributed by atoms with E-state index in [0.717, 1.165) is 30.4 Å². The molecule has 2 atom stereocenters. The first-order valence-electron chi connectivity index (χ1n) is 16.1.